The minimum absolute atomic E-state index is 0.0462. The van der Waals surface area contributed by atoms with Crippen molar-refractivity contribution in [3.63, 3.8) is 0 Å². The van der Waals surface area contributed by atoms with E-state index in [9.17, 15) is 9.18 Å². The molecule has 0 bridgehead atoms. The Morgan fingerprint density at radius 1 is 1.17 bits per heavy atom. The Bertz CT molecular complexity index is 707. The Kier molecular flexibility index (Phi) is 5.03. The smallest absolute Gasteiger partial charge is 0.270 e. The first kappa shape index (κ1) is 16.7. The second-order valence-electron chi connectivity index (χ2n) is 6.81. The van der Waals surface area contributed by atoms with Gasteiger partial charge in [-0.25, -0.2) is 4.39 Å². The number of aromatic nitrogens is 1. The summed E-state index contributed by atoms with van der Waals surface area (Å²) in [5.74, 6) is -0.195. The summed E-state index contributed by atoms with van der Waals surface area (Å²) < 4.78 is 15.7. The van der Waals surface area contributed by atoms with Gasteiger partial charge in [0.2, 0.25) is 0 Å². The maximum Gasteiger partial charge on any atom is 0.270 e. The number of amides is 1. The molecule has 1 atom stereocenters. The molecule has 0 radical (unpaired) electrons. The molecule has 0 saturated carbocycles. The standard InChI is InChI=1S/C20H25FN2O/c1-15(2)22-13-7-11-19(22)20(24)23-12-5-3-4-10-18(23)16-8-6-9-17(21)14-16/h6-9,11,13-15,18H,3-5,10,12H2,1-2H3/t18-/m1/s1. The molecule has 1 saturated heterocycles. The fourth-order valence-corrected chi connectivity index (χ4v) is 3.58. The van der Waals surface area contributed by atoms with Crippen LogP contribution in [-0.2, 0) is 0 Å². The molecule has 3 nitrogen and oxygen atoms in total. The fourth-order valence-electron chi connectivity index (χ4n) is 3.58. The molecule has 1 aliphatic heterocycles. The van der Waals surface area contributed by atoms with E-state index < -0.39 is 0 Å². The van der Waals surface area contributed by atoms with Crippen LogP contribution in [0.5, 0.6) is 0 Å². The maximum absolute atomic E-state index is 13.7. The van der Waals surface area contributed by atoms with Gasteiger partial charge in [-0.05, 0) is 56.5 Å². The highest BCUT2D eigenvalue weighted by atomic mass is 19.1. The van der Waals surface area contributed by atoms with E-state index in [0.717, 1.165) is 37.8 Å². The number of rotatable bonds is 3. The summed E-state index contributed by atoms with van der Waals surface area (Å²) in [6, 6.07) is 10.7. The first-order valence-electron chi connectivity index (χ1n) is 8.81. The van der Waals surface area contributed by atoms with Crippen LogP contribution in [0.25, 0.3) is 0 Å². The van der Waals surface area contributed by atoms with Gasteiger partial charge in [0, 0.05) is 18.8 Å². The van der Waals surface area contributed by atoms with Crippen LogP contribution in [0.3, 0.4) is 0 Å². The summed E-state index contributed by atoms with van der Waals surface area (Å²) in [6.07, 6.45) is 6.02. The molecular weight excluding hydrogens is 303 g/mol. The van der Waals surface area contributed by atoms with Crippen molar-refractivity contribution >= 4 is 5.91 Å². The molecule has 128 valence electrons. The van der Waals surface area contributed by atoms with Crippen LogP contribution in [0.4, 0.5) is 4.39 Å². The third-order valence-electron chi connectivity index (χ3n) is 4.80. The zero-order chi connectivity index (χ0) is 17.1. The van der Waals surface area contributed by atoms with Crippen molar-refractivity contribution in [1.29, 1.82) is 0 Å². The fraction of sp³-hybridized carbons (Fsp3) is 0.450. The summed E-state index contributed by atoms with van der Waals surface area (Å²) in [7, 11) is 0. The minimum Gasteiger partial charge on any atom is -0.341 e. The van der Waals surface area contributed by atoms with Crippen LogP contribution < -0.4 is 0 Å². The van der Waals surface area contributed by atoms with Gasteiger partial charge in [0.15, 0.2) is 0 Å². The lowest BCUT2D eigenvalue weighted by Crippen LogP contribution is -2.36. The van der Waals surface area contributed by atoms with Gasteiger partial charge in [-0.1, -0.05) is 25.0 Å². The summed E-state index contributed by atoms with van der Waals surface area (Å²) in [6.45, 7) is 4.87. The predicted molar refractivity (Wildman–Crippen MR) is 93.5 cm³/mol. The van der Waals surface area contributed by atoms with Gasteiger partial charge >= 0.3 is 0 Å². The second kappa shape index (κ2) is 7.20. The van der Waals surface area contributed by atoms with Gasteiger partial charge < -0.3 is 9.47 Å². The average molecular weight is 328 g/mol. The van der Waals surface area contributed by atoms with Crippen LogP contribution in [0.15, 0.2) is 42.6 Å². The van der Waals surface area contributed by atoms with Crippen LogP contribution in [-0.4, -0.2) is 21.9 Å². The normalized spacial score (nSPS) is 18.7. The van der Waals surface area contributed by atoms with E-state index in [2.05, 4.69) is 13.8 Å². The topological polar surface area (TPSA) is 25.2 Å². The highest BCUT2D eigenvalue weighted by Gasteiger charge is 2.29. The molecule has 1 aromatic heterocycles. The van der Waals surface area contributed by atoms with Gasteiger partial charge in [-0.15, -0.1) is 0 Å². The summed E-state index contributed by atoms with van der Waals surface area (Å²) in [5.41, 5.74) is 1.61. The van der Waals surface area contributed by atoms with Crippen LogP contribution in [0.1, 0.15) is 67.7 Å². The Morgan fingerprint density at radius 2 is 2.00 bits per heavy atom. The molecule has 1 fully saturated rings. The molecule has 24 heavy (non-hydrogen) atoms. The molecule has 4 heteroatoms. The van der Waals surface area contributed by atoms with Gasteiger partial charge in [-0.2, -0.15) is 0 Å². The minimum atomic E-state index is -0.241. The van der Waals surface area contributed by atoms with Crippen molar-refractivity contribution in [1.82, 2.24) is 9.47 Å². The van der Waals surface area contributed by atoms with Crippen molar-refractivity contribution in [2.75, 3.05) is 6.54 Å². The van der Waals surface area contributed by atoms with Crippen LogP contribution in [0.2, 0.25) is 0 Å². The van der Waals surface area contributed by atoms with Crippen molar-refractivity contribution in [3.8, 4) is 0 Å². The molecule has 3 rings (SSSR count). The molecule has 2 aromatic rings. The third-order valence-corrected chi connectivity index (χ3v) is 4.80. The van der Waals surface area contributed by atoms with Gasteiger partial charge in [-0.3, -0.25) is 4.79 Å². The summed E-state index contributed by atoms with van der Waals surface area (Å²) >= 11 is 0. The maximum atomic E-state index is 13.7. The van der Waals surface area contributed by atoms with E-state index in [-0.39, 0.29) is 23.8 Å². The lowest BCUT2D eigenvalue weighted by Gasteiger charge is -2.31. The monoisotopic (exact) mass is 328 g/mol. The Labute approximate surface area is 143 Å². The number of nitrogens with zero attached hydrogens (tertiary/aromatic N) is 2. The van der Waals surface area contributed by atoms with Gasteiger partial charge in [0.05, 0.1) is 6.04 Å². The Hall–Kier alpha value is -2.10. The molecule has 2 heterocycles. The van der Waals surface area contributed by atoms with E-state index in [1.54, 1.807) is 12.1 Å². The number of carbonyl (C=O) groups excluding carboxylic acids is 1. The molecule has 0 N–H and O–H groups in total. The van der Waals surface area contributed by atoms with Gasteiger partial charge in [0.1, 0.15) is 11.5 Å². The zero-order valence-corrected chi connectivity index (χ0v) is 14.4. The number of hydrogen-bond acceptors (Lipinski definition) is 1. The van der Waals surface area contributed by atoms with Crippen molar-refractivity contribution < 1.29 is 9.18 Å². The molecule has 0 unspecified atom stereocenters. The summed E-state index contributed by atoms with van der Waals surface area (Å²) in [4.78, 5) is 15.2. The van der Waals surface area contributed by atoms with E-state index >= 15 is 0 Å². The lowest BCUT2D eigenvalue weighted by atomic mass is 10.0. The van der Waals surface area contributed by atoms with Gasteiger partial charge in [0.25, 0.3) is 5.91 Å². The third kappa shape index (κ3) is 3.37. The van der Waals surface area contributed by atoms with E-state index in [0.29, 0.717) is 5.69 Å². The quantitative estimate of drug-likeness (QED) is 0.781. The van der Waals surface area contributed by atoms with E-state index in [1.807, 2.05) is 33.9 Å². The first-order valence-corrected chi connectivity index (χ1v) is 8.81. The average Bonchev–Trinajstić information content (AvgIpc) is 2.92. The molecule has 1 amide bonds. The van der Waals surface area contributed by atoms with Crippen molar-refractivity contribution in [2.45, 2.75) is 51.6 Å². The highest BCUT2D eigenvalue weighted by Crippen LogP contribution is 2.32. The molecule has 0 spiro atoms. The number of benzene rings is 1. The predicted octanol–water partition coefficient (Wildman–Crippen LogP) is 4.97. The molecule has 1 aromatic carbocycles. The van der Waals surface area contributed by atoms with Crippen LogP contribution >= 0.6 is 0 Å². The Morgan fingerprint density at radius 3 is 2.75 bits per heavy atom. The first-order chi connectivity index (χ1) is 11.6. The van der Waals surface area contributed by atoms with E-state index in [1.165, 1.54) is 6.07 Å². The SMILES string of the molecule is CC(C)n1cccc1C(=O)N1CCCCC[C@@H]1c1cccc(F)c1. The molecular formula is C20H25FN2O. The molecule has 1 aliphatic rings. The van der Waals surface area contributed by atoms with E-state index in [4.69, 9.17) is 0 Å². The number of likely N-dealkylation sites (tertiary alicyclic amines) is 1. The number of hydrogen-bond donors (Lipinski definition) is 0. The zero-order valence-electron chi connectivity index (χ0n) is 14.4. The van der Waals surface area contributed by atoms with Crippen molar-refractivity contribution in [2.24, 2.45) is 0 Å². The van der Waals surface area contributed by atoms with Crippen LogP contribution in [0, 0.1) is 5.82 Å². The molecule has 0 aliphatic carbocycles. The Balaban J connectivity index is 1.95. The number of halogens is 1. The number of carbonyl (C=O) groups is 1. The van der Waals surface area contributed by atoms with Crippen molar-refractivity contribution in [3.05, 3.63) is 59.7 Å². The second-order valence-corrected chi connectivity index (χ2v) is 6.81. The lowest BCUT2D eigenvalue weighted by molar-refractivity contribution is 0.0667. The largest absolute Gasteiger partial charge is 0.341 e. The highest BCUT2D eigenvalue weighted by molar-refractivity contribution is 5.93. The summed E-state index contributed by atoms with van der Waals surface area (Å²) in [5, 5.41) is 0.